The molecular formula is C18H19BrClN3O3. The zero-order valence-corrected chi connectivity index (χ0v) is 16.5. The summed E-state index contributed by atoms with van der Waals surface area (Å²) in [5, 5.41) is 3.21. The highest BCUT2D eigenvalue weighted by molar-refractivity contribution is 9.10. The third kappa shape index (κ3) is 5.64. The van der Waals surface area contributed by atoms with Gasteiger partial charge in [-0.1, -0.05) is 27.5 Å². The van der Waals surface area contributed by atoms with Crippen molar-refractivity contribution >= 4 is 50.8 Å². The van der Waals surface area contributed by atoms with Crippen LogP contribution < -0.4 is 20.7 Å². The predicted octanol–water partition coefficient (Wildman–Crippen LogP) is 4.22. The number of anilines is 2. The third-order valence-electron chi connectivity index (χ3n) is 3.42. The van der Waals surface area contributed by atoms with Crippen LogP contribution in [0.15, 0.2) is 46.9 Å². The number of ether oxygens (including phenoxy) is 1. The Labute approximate surface area is 165 Å². The van der Waals surface area contributed by atoms with Gasteiger partial charge in [0.25, 0.3) is 0 Å². The maximum absolute atomic E-state index is 12.3. The number of amides is 3. The van der Waals surface area contributed by atoms with Gasteiger partial charge in [-0.3, -0.25) is 4.79 Å². The van der Waals surface area contributed by atoms with Crippen molar-refractivity contribution in [3.63, 3.8) is 0 Å². The topological polar surface area (TPSA) is 84.7 Å². The molecule has 0 unspecified atom stereocenters. The number of imide groups is 1. The van der Waals surface area contributed by atoms with Crippen molar-refractivity contribution < 1.29 is 14.3 Å². The third-order valence-corrected chi connectivity index (χ3v) is 4.21. The van der Waals surface area contributed by atoms with Gasteiger partial charge in [0.1, 0.15) is 5.75 Å². The fourth-order valence-corrected chi connectivity index (χ4v) is 2.91. The van der Waals surface area contributed by atoms with Crippen molar-refractivity contribution in [1.29, 1.82) is 0 Å². The van der Waals surface area contributed by atoms with Crippen molar-refractivity contribution in [2.75, 3.05) is 23.8 Å². The Morgan fingerprint density at radius 3 is 2.54 bits per heavy atom. The summed E-state index contributed by atoms with van der Waals surface area (Å²) in [7, 11) is 0. The van der Waals surface area contributed by atoms with Crippen LogP contribution >= 0.6 is 27.5 Å². The molecule has 3 N–H and O–H groups in total. The first kappa shape index (κ1) is 20.1. The molecule has 2 rings (SSSR count). The molecule has 0 aromatic heterocycles. The average Bonchev–Trinajstić information content (AvgIpc) is 2.58. The summed E-state index contributed by atoms with van der Waals surface area (Å²) in [5.74, 6) is 0.193. The largest absolute Gasteiger partial charge is 0.492 e. The normalized spacial score (nSPS) is 10.3. The quantitative estimate of drug-likeness (QED) is 0.520. The lowest BCUT2D eigenvalue weighted by molar-refractivity contribution is -0.115. The molecule has 0 heterocycles. The standard InChI is InChI=1S/C18H19BrClN3O3/c1-12(24)23(15-6-4-14(21)5-7-15)18(25)22-9-2-10-26-17-8-3-13(19)11-16(17)20/h3-8,11H,2,9-10,21H2,1H3,(H,22,25). The molecule has 0 saturated heterocycles. The van der Waals surface area contributed by atoms with E-state index in [1.807, 2.05) is 6.07 Å². The summed E-state index contributed by atoms with van der Waals surface area (Å²) in [6.45, 7) is 2.06. The molecule has 3 amide bonds. The van der Waals surface area contributed by atoms with Crippen molar-refractivity contribution in [1.82, 2.24) is 5.32 Å². The predicted molar refractivity (Wildman–Crippen MR) is 107 cm³/mol. The number of carbonyl (C=O) groups is 2. The lowest BCUT2D eigenvalue weighted by Gasteiger charge is -2.20. The van der Waals surface area contributed by atoms with Gasteiger partial charge in [0.2, 0.25) is 5.91 Å². The first-order valence-corrected chi connectivity index (χ1v) is 9.07. The average molecular weight is 441 g/mol. The van der Waals surface area contributed by atoms with Crippen molar-refractivity contribution in [3.8, 4) is 5.75 Å². The highest BCUT2D eigenvalue weighted by atomic mass is 79.9. The molecule has 8 heteroatoms. The van der Waals surface area contributed by atoms with E-state index in [0.29, 0.717) is 41.7 Å². The number of nitrogens with two attached hydrogens (primary N) is 1. The first-order chi connectivity index (χ1) is 12.4. The van der Waals surface area contributed by atoms with Crippen LogP contribution in [0.2, 0.25) is 5.02 Å². The van der Waals surface area contributed by atoms with Gasteiger partial charge in [0.05, 0.1) is 17.3 Å². The zero-order chi connectivity index (χ0) is 19.1. The minimum absolute atomic E-state index is 0.353. The molecule has 0 aliphatic heterocycles. The Bertz CT molecular complexity index is 784. The van der Waals surface area contributed by atoms with Gasteiger partial charge >= 0.3 is 6.03 Å². The molecule has 0 saturated carbocycles. The number of nitrogen functional groups attached to an aromatic ring is 1. The lowest BCUT2D eigenvalue weighted by Crippen LogP contribution is -2.43. The summed E-state index contributed by atoms with van der Waals surface area (Å²) < 4.78 is 6.45. The second-order valence-corrected chi connectivity index (χ2v) is 6.78. The molecule has 6 nitrogen and oxygen atoms in total. The van der Waals surface area contributed by atoms with Crippen molar-refractivity contribution in [2.24, 2.45) is 0 Å². The van der Waals surface area contributed by atoms with Crippen LogP contribution in [0.3, 0.4) is 0 Å². The summed E-state index contributed by atoms with van der Waals surface area (Å²) in [4.78, 5) is 25.2. The number of halogens is 2. The highest BCUT2D eigenvalue weighted by Gasteiger charge is 2.19. The molecule has 2 aromatic carbocycles. The van der Waals surface area contributed by atoms with Gasteiger partial charge in [-0.15, -0.1) is 0 Å². The van der Waals surface area contributed by atoms with Crippen molar-refractivity contribution in [3.05, 3.63) is 52.0 Å². The number of carbonyl (C=O) groups excluding carboxylic acids is 2. The minimum atomic E-state index is -0.496. The van der Waals surface area contributed by atoms with Crippen molar-refractivity contribution in [2.45, 2.75) is 13.3 Å². The van der Waals surface area contributed by atoms with E-state index in [0.717, 1.165) is 9.37 Å². The Balaban J connectivity index is 1.82. The second kappa shape index (κ2) is 9.45. The molecule has 0 aliphatic rings. The maximum atomic E-state index is 12.3. The maximum Gasteiger partial charge on any atom is 0.328 e. The van der Waals surface area contributed by atoms with Crippen LogP contribution in [-0.4, -0.2) is 25.1 Å². The summed E-state index contributed by atoms with van der Waals surface area (Å²) >= 11 is 9.40. The smallest absolute Gasteiger partial charge is 0.328 e. The van der Waals surface area contributed by atoms with Gasteiger partial charge in [0, 0.05) is 23.6 Å². The van der Waals surface area contributed by atoms with E-state index in [1.165, 1.54) is 6.92 Å². The van der Waals surface area contributed by atoms with Crippen LogP contribution in [0.25, 0.3) is 0 Å². The molecule has 26 heavy (non-hydrogen) atoms. The SMILES string of the molecule is CC(=O)N(C(=O)NCCCOc1ccc(Br)cc1Cl)c1ccc(N)cc1. The van der Waals surface area contributed by atoms with E-state index < -0.39 is 6.03 Å². The molecule has 138 valence electrons. The fraction of sp³-hybridized carbons (Fsp3) is 0.222. The summed E-state index contributed by atoms with van der Waals surface area (Å²) in [6, 6.07) is 11.4. The number of hydrogen-bond acceptors (Lipinski definition) is 4. The molecular weight excluding hydrogens is 422 g/mol. The van der Waals surface area contributed by atoms with Crippen LogP contribution in [0.5, 0.6) is 5.75 Å². The molecule has 0 fully saturated rings. The van der Waals surface area contributed by atoms with Crippen LogP contribution in [-0.2, 0) is 4.79 Å². The van der Waals surface area contributed by atoms with Gasteiger partial charge in [0.15, 0.2) is 0 Å². The molecule has 0 bridgehead atoms. The number of nitrogens with zero attached hydrogens (tertiary/aromatic N) is 1. The van der Waals surface area contributed by atoms with Crippen LogP contribution in [0.1, 0.15) is 13.3 Å². The minimum Gasteiger partial charge on any atom is -0.492 e. The van der Waals surface area contributed by atoms with E-state index in [4.69, 9.17) is 22.1 Å². The molecule has 0 aliphatic carbocycles. The van der Waals surface area contributed by atoms with Gasteiger partial charge in [-0.2, -0.15) is 0 Å². The number of urea groups is 1. The zero-order valence-electron chi connectivity index (χ0n) is 14.2. The Kier molecular flexibility index (Phi) is 7.29. The lowest BCUT2D eigenvalue weighted by atomic mass is 10.2. The Morgan fingerprint density at radius 1 is 1.23 bits per heavy atom. The van der Waals surface area contributed by atoms with E-state index >= 15 is 0 Å². The van der Waals surface area contributed by atoms with Gasteiger partial charge < -0.3 is 15.8 Å². The fourth-order valence-electron chi connectivity index (χ4n) is 2.19. The molecule has 0 atom stereocenters. The molecule has 2 aromatic rings. The second-order valence-electron chi connectivity index (χ2n) is 5.45. The Morgan fingerprint density at radius 2 is 1.92 bits per heavy atom. The summed E-state index contributed by atoms with van der Waals surface area (Å²) in [6.07, 6.45) is 0.561. The van der Waals surface area contributed by atoms with E-state index in [2.05, 4.69) is 21.2 Å². The number of benzene rings is 2. The number of nitrogens with one attached hydrogen (secondary N) is 1. The van der Waals surface area contributed by atoms with E-state index in [-0.39, 0.29) is 5.91 Å². The number of rotatable bonds is 6. The van der Waals surface area contributed by atoms with Gasteiger partial charge in [-0.25, -0.2) is 9.69 Å². The molecule has 0 spiro atoms. The summed E-state index contributed by atoms with van der Waals surface area (Å²) in [5.41, 5.74) is 6.65. The van der Waals surface area contributed by atoms with Crippen LogP contribution in [0.4, 0.5) is 16.2 Å². The monoisotopic (exact) mass is 439 g/mol. The number of hydrogen-bond donors (Lipinski definition) is 2. The first-order valence-electron chi connectivity index (χ1n) is 7.90. The van der Waals surface area contributed by atoms with E-state index in [9.17, 15) is 9.59 Å². The van der Waals surface area contributed by atoms with Crippen LogP contribution in [0, 0.1) is 0 Å². The van der Waals surface area contributed by atoms with Gasteiger partial charge in [-0.05, 0) is 48.9 Å². The highest BCUT2D eigenvalue weighted by Crippen LogP contribution is 2.27. The molecule has 0 radical (unpaired) electrons. The van der Waals surface area contributed by atoms with E-state index in [1.54, 1.807) is 36.4 Å². The Hall–Kier alpha value is -2.25.